The summed E-state index contributed by atoms with van der Waals surface area (Å²) in [5.74, 6) is 0.524. The van der Waals surface area contributed by atoms with Crippen molar-refractivity contribution in [1.29, 1.82) is 0 Å². The Morgan fingerprint density at radius 2 is 1.50 bits per heavy atom. The minimum absolute atomic E-state index is 0.264. The number of ether oxygens (including phenoxy) is 2. The number of anilines is 2. The number of carbonyl (C=O) groups excluding carboxylic acids is 2. The molecule has 1 atom stereocenters. The number of para-hydroxylation sites is 1. The lowest BCUT2D eigenvalue weighted by Crippen LogP contribution is -2.30. The van der Waals surface area contributed by atoms with Gasteiger partial charge < -0.3 is 20.1 Å². The summed E-state index contributed by atoms with van der Waals surface area (Å²) < 4.78 is 12.2. The molecule has 2 N–H and O–H groups in total. The van der Waals surface area contributed by atoms with Crippen molar-refractivity contribution in [1.82, 2.24) is 0 Å². The Morgan fingerprint density at radius 3 is 2.18 bits per heavy atom. The molecule has 0 spiro atoms. The third-order valence-electron chi connectivity index (χ3n) is 5.61. The second-order valence-electron chi connectivity index (χ2n) is 8.44. The fourth-order valence-corrected chi connectivity index (χ4v) is 4.22. The van der Waals surface area contributed by atoms with E-state index in [2.05, 4.69) is 38.7 Å². The molecule has 38 heavy (non-hydrogen) atoms. The van der Waals surface area contributed by atoms with Crippen LogP contribution in [0, 0.1) is 0 Å². The Hall–Kier alpha value is -3.81. The average molecular weight is 594 g/mol. The Labute approximate surface area is 235 Å². The number of carbonyl (C=O) groups is 2. The maximum Gasteiger partial charge on any atom is 0.265 e. The fraction of sp³-hybridized carbons (Fsp3) is 0.133. The number of halogens is 2. The van der Waals surface area contributed by atoms with E-state index in [9.17, 15) is 9.59 Å². The zero-order valence-corrected chi connectivity index (χ0v) is 23.0. The first-order valence-electron chi connectivity index (χ1n) is 12.0. The van der Waals surface area contributed by atoms with Gasteiger partial charge in [-0.25, -0.2) is 0 Å². The van der Waals surface area contributed by atoms with Gasteiger partial charge in [0.2, 0.25) is 0 Å². The highest BCUT2D eigenvalue weighted by Crippen LogP contribution is 2.27. The first kappa shape index (κ1) is 27.2. The van der Waals surface area contributed by atoms with E-state index in [1.807, 2.05) is 18.2 Å². The number of benzene rings is 4. The van der Waals surface area contributed by atoms with Gasteiger partial charge in [0, 0.05) is 23.4 Å². The van der Waals surface area contributed by atoms with Gasteiger partial charge in [-0.3, -0.25) is 9.59 Å². The maximum atomic E-state index is 12.8. The van der Waals surface area contributed by atoms with Crippen LogP contribution < -0.4 is 20.1 Å². The van der Waals surface area contributed by atoms with Crippen LogP contribution in [-0.2, 0) is 11.2 Å². The summed E-state index contributed by atoms with van der Waals surface area (Å²) in [4.78, 5) is 25.3. The maximum absolute atomic E-state index is 12.8. The molecule has 0 aliphatic carbocycles. The topological polar surface area (TPSA) is 76.7 Å². The second-order valence-corrected chi connectivity index (χ2v) is 9.70. The molecule has 4 rings (SSSR count). The zero-order valence-electron chi connectivity index (χ0n) is 20.6. The highest BCUT2D eigenvalue weighted by Gasteiger charge is 2.16. The number of nitrogens with one attached hydrogen (secondary N) is 2. The minimum Gasteiger partial charge on any atom is -0.492 e. The molecule has 0 radical (unpaired) electrons. The van der Waals surface area contributed by atoms with Crippen molar-refractivity contribution in [3.8, 4) is 11.5 Å². The van der Waals surface area contributed by atoms with Gasteiger partial charge >= 0.3 is 0 Å². The molecule has 4 aromatic rings. The molecule has 4 aromatic carbocycles. The van der Waals surface area contributed by atoms with E-state index in [1.54, 1.807) is 73.7 Å². The third kappa shape index (κ3) is 7.60. The lowest BCUT2D eigenvalue weighted by molar-refractivity contribution is -0.122. The Kier molecular flexibility index (Phi) is 9.40. The normalized spacial score (nSPS) is 11.3. The zero-order chi connectivity index (χ0) is 26.9. The van der Waals surface area contributed by atoms with E-state index in [0.29, 0.717) is 44.5 Å². The quantitative estimate of drug-likeness (QED) is 0.201. The van der Waals surface area contributed by atoms with Crippen molar-refractivity contribution in [2.45, 2.75) is 19.4 Å². The predicted octanol–water partition coefficient (Wildman–Crippen LogP) is 7.38. The Balaban J connectivity index is 1.28. The van der Waals surface area contributed by atoms with Crippen molar-refractivity contribution in [2.24, 2.45) is 0 Å². The van der Waals surface area contributed by atoms with Crippen LogP contribution in [0.25, 0.3) is 0 Å². The smallest absolute Gasteiger partial charge is 0.265 e. The van der Waals surface area contributed by atoms with Crippen LogP contribution in [0.3, 0.4) is 0 Å². The molecule has 1 unspecified atom stereocenters. The summed E-state index contributed by atoms with van der Waals surface area (Å²) in [6.45, 7) is 2.17. The average Bonchev–Trinajstić information content (AvgIpc) is 2.92. The molecule has 0 saturated carbocycles. The van der Waals surface area contributed by atoms with Crippen LogP contribution in [0.5, 0.6) is 11.5 Å². The molecule has 0 aliphatic heterocycles. The molecule has 6 nitrogen and oxygen atoms in total. The summed E-state index contributed by atoms with van der Waals surface area (Å²) >= 11 is 9.59. The molecule has 0 fully saturated rings. The molecule has 0 bridgehead atoms. The third-order valence-corrected chi connectivity index (χ3v) is 6.54. The van der Waals surface area contributed by atoms with Gasteiger partial charge in [-0.15, -0.1) is 0 Å². The second kappa shape index (κ2) is 13.1. The summed E-state index contributed by atoms with van der Waals surface area (Å²) in [6.07, 6.45) is 0.0391. The number of amides is 2. The van der Waals surface area contributed by atoms with Gasteiger partial charge in [0.25, 0.3) is 11.8 Å². The van der Waals surface area contributed by atoms with Gasteiger partial charge in [0.1, 0.15) is 11.5 Å². The first-order chi connectivity index (χ1) is 18.4. The highest BCUT2D eigenvalue weighted by molar-refractivity contribution is 9.10. The summed E-state index contributed by atoms with van der Waals surface area (Å²) in [5.41, 5.74) is 2.84. The summed E-state index contributed by atoms with van der Waals surface area (Å²) in [6, 6.07) is 29.1. The van der Waals surface area contributed by atoms with Crippen LogP contribution in [-0.4, -0.2) is 24.5 Å². The molecular weight excluding hydrogens is 568 g/mol. The lowest BCUT2D eigenvalue weighted by Gasteiger charge is -2.16. The molecule has 2 amide bonds. The molecule has 8 heteroatoms. The Bertz CT molecular complexity index is 1400. The van der Waals surface area contributed by atoms with Crippen molar-refractivity contribution in [2.75, 3.05) is 17.2 Å². The predicted molar refractivity (Wildman–Crippen MR) is 154 cm³/mol. The summed E-state index contributed by atoms with van der Waals surface area (Å²) in [7, 11) is 0. The number of hydrogen-bond acceptors (Lipinski definition) is 4. The molecule has 0 aliphatic rings. The van der Waals surface area contributed by atoms with E-state index >= 15 is 0 Å². The van der Waals surface area contributed by atoms with Gasteiger partial charge in [-0.1, -0.05) is 54.1 Å². The lowest BCUT2D eigenvalue weighted by atomic mass is 10.1. The van der Waals surface area contributed by atoms with Gasteiger partial charge in [-0.2, -0.15) is 0 Å². The monoisotopic (exact) mass is 592 g/mol. The van der Waals surface area contributed by atoms with E-state index in [-0.39, 0.29) is 11.8 Å². The molecule has 0 aromatic heterocycles. The molecule has 194 valence electrons. The standard InChI is InChI=1S/C30H26BrClN2O4/c1-20(38-28-10-6-5-9-26(28)32)29(35)33-23-12-14-24(15-13-23)34-30(36)22-11-16-27(25(31)19-22)37-18-17-21-7-3-2-4-8-21/h2-16,19-20H,17-18H2,1H3,(H,33,35)(H,34,36). The fourth-order valence-electron chi connectivity index (χ4n) is 3.55. The van der Waals surface area contributed by atoms with E-state index < -0.39 is 6.10 Å². The van der Waals surface area contributed by atoms with Crippen molar-refractivity contribution < 1.29 is 19.1 Å². The van der Waals surface area contributed by atoms with Gasteiger partial charge in [-0.05, 0) is 83.0 Å². The number of rotatable bonds is 10. The Morgan fingerprint density at radius 1 is 0.842 bits per heavy atom. The van der Waals surface area contributed by atoms with Crippen molar-refractivity contribution >= 4 is 50.7 Å². The van der Waals surface area contributed by atoms with Crippen LogP contribution in [0.15, 0.2) is 102 Å². The molecule has 0 heterocycles. The van der Waals surface area contributed by atoms with E-state index in [4.69, 9.17) is 21.1 Å². The van der Waals surface area contributed by atoms with E-state index in [0.717, 1.165) is 6.42 Å². The van der Waals surface area contributed by atoms with Crippen molar-refractivity contribution in [3.63, 3.8) is 0 Å². The van der Waals surface area contributed by atoms with Crippen LogP contribution >= 0.6 is 27.5 Å². The highest BCUT2D eigenvalue weighted by atomic mass is 79.9. The van der Waals surface area contributed by atoms with Crippen LogP contribution in [0.1, 0.15) is 22.8 Å². The van der Waals surface area contributed by atoms with Crippen LogP contribution in [0.4, 0.5) is 11.4 Å². The van der Waals surface area contributed by atoms with E-state index in [1.165, 1.54) is 5.56 Å². The van der Waals surface area contributed by atoms with Gasteiger partial charge in [0.05, 0.1) is 16.1 Å². The summed E-state index contributed by atoms with van der Waals surface area (Å²) in [5, 5.41) is 6.09. The minimum atomic E-state index is -0.752. The first-order valence-corrected chi connectivity index (χ1v) is 13.2. The number of hydrogen-bond donors (Lipinski definition) is 2. The largest absolute Gasteiger partial charge is 0.492 e. The molecule has 0 saturated heterocycles. The molecular formula is C30H26BrClN2O4. The van der Waals surface area contributed by atoms with Gasteiger partial charge in [0.15, 0.2) is 6.10 Å². The van der Waals surface area contributed by atoms with Crippen molar-refractivity contribution in [3.05, 3.63) is 118 Å². The van der Waals surface area contributed by atoms with Crippen LogP contribution in [0.2, 0.25) is 5.02 Å². The SMILES string of the molecule is CC(Oc1ccccc1Cl)C(=O)Nc1ccc(NC(=O)c2ccc(OCCc3ccccc3)c(Br)c2)cc1.